The van der Waals surface area contributed by atoms with Crippen LogP contribution in [0.1, 0.15) is 29.5 Å². The maximum absolute atomic E-state index is 13.0. The third kappa shape index (κ3) is 3.88. The molecule has 2 aromatic carbocycles. The van der Waals surface area contributed by atoms with Crippen LogP contribution in [0, 0.1) is 18.8 Å². The van der Waals surface area contributed by atoms with Crippen LogP contribution < -0.4 is 5.32 Å². The Hall–Kier alpha value is -2.25. The van der Waals surface area contributed by atoms with Gasteiger partial charge >= 0.3 is 12.2 Å². The molecular weight excluding hydrogens is 417 g/mol. The topological polar surface area (TPSA) is 52.6 Å². The third-order valence-corrected chi connectivity index (χ3v) is 6.56. The average Bonchev–Trinajstić information content (AvgIpc) is 3.18. The van der Waals surface area contributed by atoms with Crippen LogP contribution in [0.4, 0.5) is 23.7 Å². The van der Waals surface area contributed by atoms with E-state index >= 15 is 0 Å². The van der Waals surface area contributed by atoms with Crippen LogP contribution in [0.2, 0.25) is 5.02 Å². The van der Waals surface area contributed by atoms with Gasteiger partial charge in [0.15, 0.2) is 0 Å². The number of aryl methyl sites for hydroxylation is 1. The minimum absolute atomic E-state index is 0.0465. The fourth-order valence-corrected chi connectivity index (χ4v) is 5.08. The summed E-state index contributed by atoms with van der Waals surface area (Å²) in [4.78, 5) is 14.2. The monoisotopic (exact) mass is 438 g/mol. The number of aliphatic hydroxyl groups is 1. The molecule has 2 aromatic rings. The van der Waals surface area contributed by atoms with Gasteiger partial charge in [-0.25, -0.2) is 4.79 Å². The molecule has 1 unspecified atom stereocenters. The molecule has 1 aliphatic heterocycles. The van der Waals surface area contributed by atoms with Gasteiger partial charge in [-0.05, 0) is 60.9 Å². The molecule has 8 heteroatoms. The first kappa shape index (κ1) is 21.0. The molecule has 2 fully saturated rings. The van der Waals surface area contributed by atoms with Crippen molar-refractivity contribution in [3.8, 4) is 0 Å². The van der Waals surface area contributed by atoms with Crippen molar-refractivity contribution in [2.75, 3.05) is 18.4 Å². The van der Waals surface area contributed by atoms with Gasteiger partial charge in [0.05, 0.1) is 16.2 Å². The summed E-state index contributed by atoms with van der Waals surface area (Å²) in [5.41, 5.74) is 0.129. The number of hydrogen-bond acceptors (Lipinski definition) is 2. The minimum atomic E-state index is -4.59. The van der Waals surface area contributed by atoms with Crippen LogP contribution >= 0.6 is 11.6 Å². The van der Waals surface area contributed by atoms with Gasteiger partial charge in [-0.15, -0.1) is 0 Å². The number of carbonyl (C=O) groups is 1. The molecule has 1 heterocycles. The van der Waals surface area contributed by atoms with E-state index < -0.39 is 28.4 Å². The molecular formula is C22H22ClF3N2O2. The Bertz CT molecular complexity index is 965. The molecule has 1 saturated carbocycles. The van der Waals surface area contributed by atoms with Gasteiger partial charge in [0.25, 0.3) is 0 Å². The van der Waals surface area contributed by atoms with Gasteiger partial charge in [-0.2, -0.15) is 13.2 Å². The number of hydrogen-bond donors (Lipinski definition) is 2. The third-order valence-electron chi connectivity index (χ3n) is 6.23. The number of nitrogens with zero attached hydrogens (tertiary/aromatic N) is 1. The number of likely N-dealkylation sites (tertiary alicyclic amines) is 1. The Morgan fingerprint density at radius 3 is 2.40 bits per heavy atom. The number of anilines is 1. The smallest absolute Gasteiger partial charge is 0.385 e. The Kier molecular flexibility index (Phi) is 5.22. The van der Waals surface area contributed by atoms with Crippen molar-refractivity contribution in [3.05, 3.63) is 64.2 Å². The molecule has 160 valence electrons. The van der Waals surface area contributed by atoms with Crippen molar-refractivity contribution in [1.29, 1.82) is 0 Å². The molecule has 0 aromatic heterocycles. The first-order valence-electron chi connectivity index (χ1n) is 9.78. The Labute approximate surface area is 177 Å². The zero-order valence-electron chi connectivity index (χ0n) is 16.3. The fourth-order valence-electron chi connectivity index (χ4n) is 4.86. The van der Waals surface area contributed by atoms with Crippen molar-refractivity contribution in [2.24, 2.45) is 11.8 Å². The lowest BCUT2D eigenvalue weighted by Gasteiger charge is -2.28. The Balaban J connectivity index is 1.42. The number of amides is 2. The minimum Gasteiger partial charge on any atom is -0.385 e. The molecule has 4 rings (SSSR count). The number of benzene rings is 2. The highest BCUT2D eigenvalue weighted by molar-refractivity contribution is 6.31. The van der Waals surface area contributed by atoms with Gasteiger partial charge in [-0.3, -0.25) is 0 Å². The maximum Gasteiger partial charge on any atom is 0.417 e. The Morgan fingerprint density at radius 1 is 1.17 bits per heavy atom. The molecule has 1 saturated heterocycles. The SMILES string of the molecule is Cc1ccccc1C1(O)C[C@H]2CN(C(=O)Nc3ccc(Cl)c(C(F)(F)F)c3)C[C@H]2C1. The van der Waals surface area contributed by atoms with E-state index in [2.05, 4.69) is 5.32 Å². The van der Waals surface area contributed by atoms with Gasteiger partial charge in [-0.1, -0.05) is 35.9 Å². The summed E-state index contributed by atoms with van der Waals surface area (Å²) in [6.07, 6.45) is -3.47. The van der Waals surface area contributed by atoms with E-state index in [4.69, 9.17) is 11.6 Å². The number of fused-ring (bicyclic) bond motifs is 1. The average molecular weight is 439 g/mol. The standard InChI is InChI=1S/C22H22ClF3N2O2/c1-13-4-2-3-5-17(13)21(30)9-14-11-28(12-15(14)10-21)20(29)27-16-6-7-19(23)18(8-16)22(24,25)26/h2-8,14-15,30H,9-12H2,1H3,(H,27,29)/t14-,15+,21?. The highest BCUT2D eigenvalue weighted by atomic mass is 35.5. The van der Waals surface area contributed by atoms with Crippen LogP contribution in [0.15, 0.2) is 42.5 Å². The lowest BCUT2D eigenvalue weighted by Crippen LogP contribution is -2.35. The zero-order valence-corrected chi connectivity index (χ0v) is 17.1. The molecule has 3 atom stereocenters. The number of nitrogens with one attached hydrogen (secondary N) is 1. The van der Waals surface area contributed by atoms with E-state index in [1.54, 1.807) is 4.90 Å². The van der Waals surface area contributed by atoms with Crippen molar-refractivity contribution in [1.82, 2.24) is 4.90 Å². The fraction of sp³-hybridized carbons (Fsp3) is 0.409. The van der Waals surface area contributed by atoms with Gasteiger partial charge in [0.1, 0.15) is 0 Å². The van der Waals surface area contributed by atoms with E-state index in [0.29, 0.717) is 25.9 Å². The highest BCUT2D eigenvalue weighted by Crippen LogP contribution is 2.49. The largest absolute Gasteiger partial charge is 0.417 e. The molecule has 0 bridgehead atoms. The van der Waals surface area contributed by atoms with Gasteiger partial charge in [0.2, 0.25) is 0 Å². The van der Waals surface area contributed by atoms with E-state index in [1.165, 1.54) is 6.07 Å². The molecule has 0 radical (unpaired) electrons. The zero-order chi connectivity index (χ0) is 21.7. The normalized spacial score (nSPS) is 26.0. The van der Waals surface area contributed by atoms with E-state index in [1.807, 2.05) is 31.2 Å². The second-order valence-electron chi connectivity index (χ2n) is 8.30. The summed E-state index contributed by atoms with van der Waals surface area (Å²) < 4.78 is 39.1. The van der Waals surface area contributed by atoms with Crippen LogP contribution in [-0.4, -0.2) is 29.1 Å². The number of carbonyl (C=O) groups excluding carboxylic acids is 1. The van der Waals surface area contributed by atoms with Crippen molar-refractivity contribution < 1.29 is 23.1 Å². The number of halogens is 4. The van der Waals surface area contributed by atoms with E-state index in [9.17, 15) is 23.1 Å². The second-order valence-corrected chi connectivity index (χ2v) is 8.71. The first-order valence-corrected chi connectivity index (χ1v) is 10.2. The molecule has 2 aliphatic rings. The maximum atomic E-state index is 13.0. The molecule has 2 amide bonds. The number of alkyl halides is 3. The first-order chi connectivity index (χ1) is 14.1. The summed E-state index contributed by atoms with van der Waals surface area (Å²) in [5.74, 6) is 0.299. The molecule has 2 N–H and O–H groups in total. The van der Waals surface area contributed by atoms with Gasteiger partial charge < -0.3 is 15.3 Å². The summed E-state index contributed by atoms with van der Waals surface area (Å²) in [6.45, 7) is 2.90. The van der Waals surface area contributed by atoms with E-state index in [0.717, 1.165) is 23.3 Å². The predicted octanol–water partition coefficient (Wildman–Crippen LogP) is 5.43. The predicted molar refractivity (Wildman–Crippen MR) is 108 cm³/mol. The van der Waals surface area contributed by atoms with E-state index in [-0.39, 0.29) is 17.5 Å². The van der Waals surface area contributed by atoms with Crippen LogP contribution in [-0.2, 0) is 11.8 Å². The van der Waals surface area contributed by atoms with Gasteiger partial charge in [0, 0.05) is 18.8 Å². The summed E-state index contributed by atoms with van der Waals surface area (Å²) >= 11 is 5.63. The van der Waals surface area contributed by atoms with Crippen molar-refractivity contribution in [3.63, 3.8) is 0 Å². The summed E-state index contributed by atoms with van der Waals surface area (Å²) in [5, 5.41) is 13.3. The quantitative estimate of drug-likeness (QED) is 0.657. The number of rotatable bonds is 2. The summed E-state index contributed by atoms with van der Waals surface area (Å²) in [7, 11) is 0. The van der Waals surface area contributed by atoms with Crippen LogP contribution in [0.5, 0.6) is 0 Å². The molecule has 30 heavy (non-hydrogen) atoms. The molecule has 0 spiro atoms. The van der Waals surface area contributed by atoms with Crippen LogP contribution in [0.3, 0.4) is 0 Å². The van der Waals surface area contributed by atoms with Crippen LogP contribution in [0.25, 0.3) is 0 Å². The highest BCUT2D eigenvalue weighted by Gasteiger charge is 2.50. The second kappa shape index (κ2) is 7.46. The lowest BCUT2D eigenvalue weighted by atomic mass is 9.87. The lowest BCUT2D eigenvalue weighted by molar-refractivity contribution is -0.137. The van der Waals surface area contributed by atoms with Crippen molar-refractivity contribution in [2.45, 2.75) is 31.5 Å². The Morgan fingerprint density at radius 2 is 1.80 bits per heavy atom. The molecule has 4 nitrogen and oxygen atoms in total. The molecule has 1 aliphatic carbocycles. The van der Waals surface area contributed by atoms with Crippen molar-refractivity contribution >= 4 is 23.3 Å². The summed E-state index contributed by atoms with van der Waals surface area (Å²) in [6, 6.07) is 10.6. The number of urea groups is 1.